The number of piperidine rings is 1. The van der Waals surface area contributed by atoms with Gasteiger partial charge in [0.1, 0.15) is 22.1 Å². The Kier molecular flexibility index (Phi) is 5.71. The summed E-state index contributed by atoms with van der Waals surface area (Å²) in [4.78, 5) is 16.1. The molecule has 3 rings (SSSR count). The van der Waals surface area contributed by atoms with Gasteiger partial charge in [0, 0.05) is 31.3 Å². The number of amides is 1. The quantitative estimate of drug-likeness (QED) is 0.842. The number of carbonyl (C=O) groups excluding carboxylic acids is 1. The van der Waals surface area contributed by atoms with Crippen LogP contribution in [0.3, 0.4) is 0 Å². The lowest BCUT2D eigenvalue weighted by Gasteiger charge is -2.30. The number of anilines is 1. The van der Waals surface area contributed by atoms with Crippen molar-refractivity contribution >= 4 is 21.6 Å². The average molecular weight is 393 g/mol. The zero-order valence-electron chi connectivity index (χ0n) is 14.8. The summed E-state index contributed by atoms with van der Waals surface area (Å²) in [5.74, 6) is -0.842. The van der Waals surface area contributed by atoms with Gasteiger partial charge < -0.3 is 10.1 Å². The molecule has 0 atom stereocenters. The number of halogens is 1. The van der Waals surface area contributed by atoms with Crippen molar-refractivity contribution in [2.45, 2.75) is 17.7 Å². The van der Waals surface area contributed by atoms with Crippen LogP contribution in [0, 0.1) is 11.7 Å². The highest BCUT2D eigenvalue weighted by Gasteiger charge is 2.33. The van der Waals surface area contributed by atoms with Gasteiger partial charge in [0.2, 0.25) is 15.9 Å². The molecule has 2 aromatic rings. The maximum atomic E-state index is 13.9. The molecule has 1 aromatic carbocycles. The number of nitrogens with one attached hydrogen (secondary N) is 1. The van der Waals surface area contributed by atoms with E-state index in [-0.39, 0.29) is 29.8 Å². The van der Waals surface area contributed by atoms with Gasteiger partial charge in [-0.15, -0.1) is 0 Å². The van der Waals surface area contributed by atoms with E-state index < -0.39 is 15.8 Å². The Morgan fingerprint density at radius 2 is 1.96 bits per heavy atom. The monoisotopic (exact) mass is 393 g/mol. The minimum atomic E-state index is -3.91. The molecule has 0 unspecified atom stereocenters. The van der Waals surface area contributed by atoms with Gasteiger partial charge in [-0.1, -0.05) is 12.1 Å². The van der Waals surface area contributed by atoms with E-state index in [2.05, 4.69) is 10.3 Å². The second-order valence-electron chi connectivity index (χ2n) is 6.17. The lowest BCUT2D eigenvalue weighted by Crippen LogP contribution is -2.41. The molecule has 0 spiro atoms. The first-order chi connectivity index (χ1) is 12.9. The van der Waals surface area contributed by atoms with Gasteiger partial charge in [0.05, 0.1) is 13.3 Å². The van der Waals surface area contributed by atoms with E-state index in [9.17, 15) is 17.6 Å². The van der Waals surface area contributed by atoms with E-state index in [0.29, 0.717) is 24.3 Å². The van der Waals surface area contributed by atoms with Crippen molar-refractivity contribution in [2.24, 2.45) is 5.92 Å². The van der Waals surface area contributed by atoms with E-state index >= 15 is 0 Å². The zero-order valence-corrected chi connectivity index (χ0v) is 15.6. The third-order valence-electron chi connectivity index (χ3n) is 4.54. The molecular formula is C18H20FN3O4S. The molecule has 1 aromatic heterocycles. The number of methoxy groups -OCH3 is 1. The van der Waals surface area contributed by atoms with Crippen molar-refractivity contribution in [3.05, 3.63) is 48.5 Å². The van der Waals surface area contributed by atoms with Crippen LogP contribution in [0.4, 0.5) is 10.1 Å². The fraction of sp³-hybridized carbons (Fsp3) is 0.333. The van der Waals surface area contributed by atoms with E-state index in [4.69, 9.17) is 4.74 Å². The average Bonchev–Trinajstić information content (AvgIpc) is 2.68. The van der Waals surface area contributed by atoms with Crippen LogP contribution in [0.25, 0.3) is 0 Å². The summed E-state index contributed by atoms with van der Waals surface area (Å²) in [5.41, 5.74) is 0.464. The van der Waals surface area contributed by atoms with Gasteiger partial charge in [-0.3, -0.25) is 9.78 Å². The second kappa shape index (κ2) is 8.01. The first kappa shape index (κ1) is 19.2. The van der Waals surface area contributed by atoms with Gasteiger partial charge >= 0.3 is 0 Å². The number of aromatic nitrogens is 1. The molecule has 0 saturated carbocycles. The maximum absolute atomic E-state index is 13.9. The predicted molar refractivity (Wildman–Crippen MR) is 97.3 cm³/mol. The van der Waals surface area contributed by atoms with Crippen molar-refractivity contribution in [3.8, 4) is 5.75 Å². The Morgan fingerprint density at radius 3 is 2.63 bits per heavy atom. The van der Waals surface area contributed by atoms with Gasteiger partial charge in [-0.05, 0) is 25.0 Å². The van der Waals surface area contributed by atoms with Crippen molar-refractivity contribution in [3.63, 3.8) is 0 Å². The molecule has 0 aliphatic carbocycles. The molecule has 1 aliphatic rings. The Labute approximate surface area is 157 Å². The van der Waals surface area contributed by atoms with E-state index in [1.54, 1.807) is 12.3 Å². The van der Waals surface area contributed by atoms with Crippen LogP contribution in [-0.4, -0.2) is 43.8 Å². The zero-order chi connectivity index (χ0) is 19.4. The normalized spacial score (nSPS) is 16.1. The molecule has 27 heavy (non-hydrogen) atoms. The third kappa shape index (κ3) is 4.09. The van der Waals surface area contributed by atoms with Crippen LogP contribution in [-0.2, 0) is 14.8 Å². The Balaban J connectivity index is 1.65. The summed E-state index contributed by atoms with van der Waals surface area (Å²) in [6, 6.07) is 6.93. The molecule has 1 amide bonds. The number of pyridine rings is 1. The van der Waals surface area contributed by atoms with Crippen LogP contribution in [0.1, 0.15) is 12.8 Å². The van der Waals surface area contributed by atoms with E-state index in [1.807, 2.05) is 0 Å². The minimum absolute atomic E-state index is 0.152. The first-order valence-electron chi connectivity index (χ1n) is 8.47. The van der Waals surface area contributed by atoms with Crippen LogP contribution in [0.5, 0.6) is 5.75 Å². The first-order valence-corrected chi connectivity index (χ1v) is 9.91. The van der Waals surface area contributed by atoms with E-state index in [0.717, 1.165) is 6.07 Å². The highest BCUT2D eigenvalue weighted by molar-refractivity contribution is 7.89. The number of rotatable bonds is 5. The summed E-state index contributed by atoms with van der Waals surface area (Å²) in [6.07, 6.45) is 3.75. The highest BCUT2D eigenvalue weighted by atomic mass is 32.2. The van der Waals surface area contributed by atoms with Crippen molar-refractivity contribution in [1.29, 1.82) is 0 Å². The van der Waals surface area contributed by atoms with Gasteiger partial charge in [0.25, 0.3) is 0 Å². The van der Waals surface area contributed by atoms with Gasteiger partial charge in [0.15, 0.2) is 0 Å². The summed E-state index contributed by atoms with van der Waals surface area (Å²) in [5, 5.41) is 2.77. The Hall–Kier alpha value is -2.52. The molecule has 0 bridgehead atoms. The van der Waals surface area contributed by atoms with Gasteiger partial charge in [-0.25, -0.2) is 12.8 Å². The van der Waals surface area contributed by atoms with Crippen LogP contribution in [0.2, 0.25) is 0 Å². The summed E-state index contributed by atoms with van der Waals surface area (Å²) >= 11 is 0. The molecule has 1 saturated heterocycles. The number of carbonyl (C=O) groups is 1. The summed E-state index contributed by atoms with van der Waals surface area (Å²) in [7, 11) is -2.42. The van der Waals surface area contributed by atoms with E-state index in [1.165, 1.54) is 35.8 Å². The molecule has 1 fully saturated rings. The number of hydrogen-bond acceptors (Lipinski definition) is 5. The lowest BCUT2D eigenvalue weighted by molar-refractivity contribution is -0.120. The molecule has 7 nitrogen and oxygen atoms in total. The van der Waals surface area contributed by atoms with Crippen molar-refractivity contribution in [1.82, 2.24) is 9.29 Å². The minimum Gasteiger partial charge on any atom is -0.494 e. The smallest absolute Gasteiger partial charge is 0.245 e. The van der Waals surface area contributed by atoms with Crippen LogP contribution < -0.4 is 10.1 Å². The van der Waals surface area contributed by atoms with Crippen molar-refractivity contribution < 1.29 is 22.3 Å². The topological polar surface area (TPSA) is 88.6 Å². The molecule has 2 heterocycles. The Bertz CT molecular complexity index is 928. The highest BCUT2D eigenvalue weighted by Crippen LogP contribution is 2.27. The number of benzene rings is 1. The molecule has 9 heteroatoms. The van der Waals surface area contributed by atoms with Gasteiger partial charge in [-0.2, -0.15) is 4.31 Å². The lowest BCUT2D eigenvalue weighted by atomic mass is 9.97. The molecule has 0 radical (unpaired) electrons. The second-order valence-corrected chi connectivity index (χ2v) is 8.08. The maximum Gasteiger partial charge on any atom is 0.245 e. The Morgan fingerprint density at radius 1 is 1.26 bits per heavy atom. The number of hydrogen-bond donors (Lipinski definition) is 1. The SMILES string of the molecule is COc1ccncc1NC(=O)C1CCN(S(=O)(=O)c2ccccc2F)CC1. The largest absolute Gasteiger partial charge is 0.494 e. The predicted octanol–water partition coefficient (Wildman–Crippen LogP) is 2.27. The van der Waals surface area contributed by atoms with Crippen LogP contribution >= 0.6 is 0 Å². The van der Waals surface area contributed by atoms with Crippen molar-refractivity contribution in [2.75, 3.05) is 25.5 Å². The fourth-order valence-corrected chi connectivity index (χ4v) is 4.57. The summed E-state index contributed by atoms with van der Waals surface area (Å²) < 4.78 is 45.5. The molecule has 1 N–H and O–H groups in total. The fourth-order valence-electron chi connectivity index (χ4n) is 3.04. The van der Waals surface area contributed by atoms with Crippen LogP contribution in [0.15, 0.2) is 47.6 Å². The number of nitrogens with zero attached hydrogens (tertiary/aromatic N) is 2. The molecule has 1 aliphatic heterocycles. The number of ether oxygens (including phenoxy) is 1. The molecule has 144 valence electrons. The third-order valence-corrected chi connectivity index (χ3v) is 6.47. The molecular weight excluding hydrogens is 373 g/mol. The number of sulfonamides is 1. The standard InChI is InChI=1S/C18H20FN3O4S/c1-26-16-6-9-20-12-15(16)21-18(23)13-7-10-22(11-8-13)27(24,25)17-5-3-2-4-14(17)19/h2-6,9,12-13H,7-8,10-11H2,1H3,(H,21,23). The summed E-state index contributed by atoms with van der Waals surface area (Å²) in [6.45, 7) is 0.303.